The number of carbonyl (C=O) groups excluding carboxylic acids is 1. The number of likely N-dealkylation sites (N-methyl/N-ethyl adjacent to an activating group) is 1. The molecule has 1 atom stereocenters. The largest absolute Gasteiger partial charge is 0.469 e. The first kappa shape index (κ1) is 14.8. The van der Waals surface area contributed by atoms with Crippen LogP contribution in [-0.4, -0.2) is 56.6 Å². The van der Waals surface area contributed by atoms with Gasteiger partial charge in [0.05, 0.1) is 19.8 Å². The Kier molecular flexibility index (Phi) is 5.19. The van der Waals surface area contributed by atoms with Gasteiger partial charge in [0.15, 0.2) is 5.79 Å². The molecule has 0 N–H and O–H groups in total. The van der Waals surface area contributed by atoms with Crippen molar-refractivity contribution in [3.8, 4) is 0 Å². The van der Waals surface area contributed by atoms with Gasteiger partial charge in [-0.2, -0.15) is 0 Å². The van der Waals surface area contributed by atoms with Crippen molar-refractivity contribution >= 4 is 5.97 Å². The zero-order valence-corrected chi connectivity index (χ0v) is 12.0. The zero-order valence-electron chi connectivity index (χ0n) is 12.0. The van der Waals surface area contributed by atoms with E-state index in [1.165, 1.54) is 20.0 Å². The number of nitrogens with zero attached hydrogens (tertiary/aromatic N) is 1. The van der Waals surface area contributed by atoms with E-state index in [4.69, 9.17) is 9.47 Å². The maximum Gasteiger partial charge on any atom is 0.305 e. The summed E-state index contributed by atoms with van der Waals surface area (Å²) in [6.45, 7) is 2.44. The van der Waals surface area contributed by atoms with Crippen molar-refractivity contribution in [1.29, 1.82) is 0 Å². The van der Waals surface area contributed by atoms with E-state index in [-0.39, 0.29) is 17.9 Å². The molecule has 110 valence electrons. The van der Waals surface area contributed by atoms with E-state index in [2.05, 4.69) is 16.7 Å². The highest BCUT2D eigenvalue weighted by Gasteiger charge is 2.43. The Labute approximate surface area is 115 Å². The van der Waals surface area contributed by atoms with Crippen molar-refractivity contribution in [3.05, 3.63) is 0 Å². The van der Waals surface area contributed by atoms with Crippen LogP contribution in [-0.2, 0) is 19.0 Å². The molecule has 1 spiro atoms. The molecule has 0 aromatic carbocycles. The Morgan fingerprint density at radius 1 is 1.42 bits per heavy atom. The quantitative estimate of drug-likeness (QED) is 0.686. The van der Waals surface area contributed by atoms with Crippen LogP contribution in [0.5, 0.6) is 0 Å². The average Bonchev–Trinajstić information content (AvgIpc) is 3.00. The summed E-state index contributed by atoms with van der Waals surface area (Å²) in [6.07, 6.45) is 5.96. The Balaban J connectivity index is 1.63. The van der Waals surface area contributed by atoms with E-state index in [0.29, 0.717) is 13.0 Å². The Morgan fingerprint density at radius 3 is 2.84 bits per heavy atom. The van der Waals surface area contributed by atoms with Crippen LogP contribution in [0.25, 0.3) is 0 Å². The van der Waals surface area contributed by atoms with Crippen LogP contribution < -0.4 is 0 Å². The molecular weight excluding hydrogens is 246 g/mol. The van der Waals surface area contributed by atoms with Crippen LogP contribution in [0.2, 0.25) is 0 Å². The SMILES string of the molecule is COC(=O)CCCN(C)CC1COC2(CCCC2)O1. The summed E-state index contributed by atoms with van der Waals surface area (Å²) >= 11 is 0. The third-order valence-corrected chi connectivity index (χ3v) is 3.94. The Hall–Kier alpha value is -0.650. The minimum absolute atomic E-state index is 0.140. The molecule has 5 nitrogen and oxygen atoms in total. The van der Waals surface area contributed by atoms with Crippen LogP contribution in [0.15, 0.2) is 0 Å². The highest BCUT2D eigenvalue weighted by molar-refractivity contribution is 5.69. The molecule has 0 amide bonds. The molecule has 1 aliphatic carbocycles. The summed E-state index contributed by atoms with van der Waals surface area (Å²) in [5.41, 5.74) is 0. The van der Waals surface area contributed by atoms with Gasteiger partial charge in [0.2, 0.25) is 0 Å². The molecule has 0 aromatic rings. The summed E-state index contributed by atoms with van der Waals surface area (Å²) in [7, 11) is 3.48. The van der Waals surface area contributed by atoms with E-state index in [1.54, 1.807) is 0 Å². The van der Waals surface area contributed by atoms with Crippen molar-refractivity contribution in [1.82, 2.24) is 4.90 Å². The van der Waals surface area contributed by atoms with E-state index in [1.807, 2.05) is 0 Å². The number of methoxy groups -OCH3 is 1. The van der Waals surface area contributed by atoms with Gasteiger partial charge in [-0.1, -0.05) is 0 Å². The number of hydrogen-bond donors (Lipinski definition) is 0. The van der Waals surface area contributed by atoms with Crippen molar-refractivity contribution < 1.29 is 19.0 Å². The lowest BCUT2D eigenvalue weighted by Gasteiger charge is -2.24. The number of ether oxygens (including phenoxy) is 3. The minimum Gasteiger partial charge on any atom is -0.469 e. The second-order valence-corrected chi connectivity index (χ2v) is 5.61. The summed E-state index contributed by atoms with van der Waals surface area (Å²) in [4.78, 5) is 13.2. The van der Waals surface area contributed by atoms with Gasteiger partial charge in [-0.05, 0) is 32.9 Å². The monoisotopic (exact) mass is 271 g/mol. The van der Waals surface area contributed by atoms with Gasteiger partial charge < -0.3 is 19.1 Å². The molecule has 1 saturated heterocycles. The van der Waals surface area contributed by atoms with Gasteiger partial charge in [0, 0.05) is 25.8 Å². The maximum atomic E-state index is 11.0. The van der Waals surface area contributed by atoms with Crippen molar-refractivity contribution in [2.75, 3.05) is 33.9 Å². The lowest BCUT2D eigenvalue weighted by Crippen LogP contribution is -2.33. The molecule has 0 aromatic heterocycles. The summed E-state index contributed by atoms with van der Waals surface area (Å²) in [5, 5.41) is 0. The van der Waals surface area contributed by atoms with Gasteiger partial charge in [-0.15, -0.1) is 0 Å². The molecule has 19 heavy (non-hydrogen) atoms. The third kappa shape index (κ3) is 4.16. The molecule has 2 rings (SSSR count). The summed E-state index contributed by atoms with van der Waals surface area (Å²) in [5.74, 6) is -0.406. The highest BCUT2D eigenvalue weighted by atomic mass is 16.7. The predicted molar refractivity (Wildman–Crippen MR) is 70.8 cm³/mol. The lowest BCUT2D eigenvalue weighted by molar-refractivity contribution is -0.163. The van der Waals surface area contributed by atoms with Crippen LogP contribution in [0, 0.1) is 0 Å². The topological polar surface area (TPSA) is 48.0 Å². The van der Waals surface area contributed by atoms with Crippen molar-refractivity contribution in [3.63, 3.8) is 0 Å². The normalized spacial score (nSPS) is 25.3. The molecule has 1 heterocycles. The second kappa shape index (κ2) is 6.68. The van der Waals surface area contributed by atoms with E-state index in [0.717, 1.165) is 32.4 Å². The van der Waals surface area contributed by atoms with Crippen LogP contribution in [0.4, 0.5) is 0 Å². The standard InChI is InChI=1S/C14H25NO4/c1-15(9-5-6-13(16)17-2)10-12-11-18-14(19-12)7-3-4-8-14/h12H,3-11H2,1-2H3. The van der Waals surface area contributed by atoms with Crippen molar-refractivity contribution in [2.24, 2.45) is 0 Å². The molecule has 1 aliphatic heterocycles. The van der Waals surface area contributed by atoms with E-state index >= 15 is 0 Å². The molecule has 1 saturated carbocycles. The molecule has 2 fully saturated rings. The smallest absolute Gasteiger partial charge is 0.305 e. The predicted octanol–water partition coefficient (Wildman–Crippen LogP) is 1.56. The van der Waals surface area contributed by atoms with Gasteiger partial charge in [0.1, 0.15) is 0 Å². The molecular formula is C14H25NO4. The van der Waals surface area contributed by atoms with Gasteiger partial charge in [-0.25, -0.2) is 0 Å². The van der Waals surface area contributed by atoms with Gasteiger partial charge in [0.25, 0.3) is 0 Å². The first-order valence-electron chi connectivity index (χ1n) is 7.21. The number of rotatable bonds is 6. The minimum atomic E-state index is -0.266. The average molecular weight is 271 g/mol. The Morgan fingerprint density at radius 2 is 2.16 bits per heavy atom. The first-order valence-corrected chi connectivity index (χ1v) is 7.21. The lowest BCUT2D eigenvalue weighted by atomic mass is 10.2. The fraction of sp³-hybridized carbons (Fsp3) is 0.929. The number of carbonyl (C=O) groups is 1. The first-order chi connectivity index (χ1) is 9.13. The van der Waals surface area contributed by atoms with E-state index in [9.17, 15) is 4.79 Å². The molecule has 1 unspecified atom stereocenters. The van der Waals surface area contributed by atoms with Gasteiger partial charge >= 0.3 is 5.97 Å². The third-order valence-electron chi connectivity index (χ3n) is 3.94. The van der Waals surface area contributed by atoms with Crippen LogP contribution in [0.3, 0.4) is 0 Å². The maximum absolute atomic E-state index is 11.0. The van der Waals surface area contributed by atoms with Crippen LogP contribution >= 0.6 is 0 Å². The highest BCUT2D eigenvalue weighted by Crippen LogP contribution is 2.39. The fourth-order valence-electron chi connectivity index (χ4n) is 2.92. The molecule has 2 aliphatic rings. The summed E-state index contributed by atoms with van der Waals surface area (Å²) in [6, 6.07) is 0. The van der Waals surface area contributed by atoms with E-state index < -0.39 is 0 Å². The molecule has 5 heteroatoms. The van der Waals surface area contributed by atoms with Gasteiger partial charge in [-0.3, -0.25) is 4.79 Å². The Bertz CT molecular complexity index is 302. The van der Waals surface area contributed by atoms with Crippen LogP contribution in [0.1, 0.15) is 38.5 Å². The number of hydrogen-bond acceptors (Lipinski definition) is 5. The molecule has 0 radical (unpaired) electrons. The summed E-state index contributed by atoms with van der Waals surface area (Å²) < 4.78 is 16.6. The number of esters is 1. The zero-order chi connectivity index (χ0) is 13.7. The molecule has 0 bridgehead atoms. The van der Waals surface area contributed by atoms with Crippen molar-refractivity contribution in [2.45, 2.75) is 50.4 Å². The second-order valence-electron chi connectivity index (χ2n) is 5.61. The fourth-order valence-corrected chi connectivity index (χ4v) is 2.92.